The molecule has 0 amide bonds. The molecule has 0 bridgehead atoms. The van der Waals surface area contributed by atoms with Gasteiger partial charge in [-0.1, -0.05) is 6.07 Å². The number of aliphatic hydroxyl groups excluding tert-OH is 1. The van der Waals surface area contributed by atoms with Gasteiger partial charge in [-0.2, -0.15) is 0 Å². The molecule has 2 rings (SSSR count). The van der Waals surface area contributed by atoms with E-state index in [-0.39, 0.29) is 11.7 Å². The maximum absolute atomic E-state index is 9.98. The fourth-order valence-electron chi connectivity index (χ4n) is 2.23. The van der Waals surface area contributed by atoms with E-state index in [1.165, 1.54) is 11.3 Å². The summed E-state index contributed by atoms with van der Waals surface area (Å²) in [5.41, 5.74) is -0.0172. The average molecular weight is 226 g/mol. The van der Waals surface area contributed by atoms with Gasteiger partial charge < -0.3 is 9.84 Å². The van der Waals surface area contributed by atoms with E-state index in [0.29, 0.717) is 0 Å². The highest BCUT2D eigenvalue weighted by atomic mass is 32.1. The van der Waals surface area contributed by atoms with E-state index in [4.69, 9.17) is 4.74 Å². The number of thiophene rings is 1. The molecule has 1 fully saturated rings. The van der Waals surface area contributed by atoms with Crippen LogP contribution in [0.5, 0.6) is 0 Å². The van der Waals surface area contributed by atoms with Crippen molar-refractivity contribution in [2.75, 3.05) is 7.11 Å². The summed E-state index contributed by atoms with van der Waals surface area (Å²) in [7, 11) is 1.76. The number of ether oxygens (including phenoxy) is 1. The Labute approximate surface area is 94.9 Å². The van der Waals surface area contributed by atoms with Crippen LogP contribution in [0.25, 0.3) is 0 Å². The second-order valence-corrected chi connectivity index (χ2v) is 5.41. The maximum atomic E-state index is 9.98. The third kappa shape index (κ3) is 2.60. The van der Waals surface area contributed by atoms with Crippen molar-refractivity contribution in [3.8, 4) is 0 Å². The zero-order chi connectivity index (χ0) is 10.7. The Hall–Kier alpha value is -0.380. The first-order valence-corrected chi connectivity index (χ1v) is 6.38. The number of hydrogen-bond acceptors (Lipinski definition) is 3. The van der Waals surface area contributed by atoms with Gasteiger partial charge in [0.1, 0.15) is 0 Å². The predicted octanol–water partition coefficient (Wildman–Crippen LogP) is 2.61. The van der Waals surface area contributed by atoms with E-state index < -0.39 is 0 Å². The molecule has 1 atom stereocenters. The van der Waals surface area contributed by atoms with E-state index in [9.17, 15) is 5.11 Å². The quantitative estimate of drug-likeness (QED) is 0.836. The molecule has 84 valence electrons. The Bertz CT molecular complexity index is 285. The van der Waals surface area contributed by atoms with E-state index in [1.54, 1.807) is 18.4 Å². The summed E-state index contributed by atoms with van der Waals surface area (Å²) in [6.45, 7) is 0. The van der Waals surface area contributed by atoms with Crippen molar-refractivity contribution < 1.29 is 9.84 Å². The normalized spacial score (nSPS) is 20.9. The van der Waals surface area contributed by atoms with Crippen molar-refractivity contribution in [3.05, 3.63) is 22.4 Å². The molecule has 1 unspecified atom stereocenters. The molecule has 1 saturated carbocycles. The second kappa shape index (κ2) is 4.64. The zero-order valence-electron chi connectivity index (χ0n) is 9.11. The first-order chi connectivity index (χ1) is 7.24. The maximum Gasteiger partial charge on any atom is 0.0703 e. The predicted molar refractivity (Wildman–Crippen MR) is 62.2 cm³/mol. The Balaban J connectivity index is 1.84. The van der Waals surface area contributed by atoms with Gasteiger partial charge in [-0.25, -0.2) is 0 Å². The van der Waals surface area contributed by atoms with Crippen LogP contribution in [-0.2, 0) is 11.2 Å². The van der Waals surface area contributed by atoms with Gasteiger partial charge in [-0.15, -0.1) is 11.3 Å². The van der Waals surface area contributed by atoms with Crippen LogP contribution in [0.3, 0.4) is 0 Å². The molecule has 1 aliphatic carbocycles. The van der Waals surface area contributed by atoms with Crippen molar-refractivity contribution in [3.63, 3.8) is 0 Å². The van der Waals surface area contributed by atoms with Crippen molar-refractivity contribution >= 4 is 11.3 Å². The van der Waals surface area contributed by atoms with Crippen LogP contribution in [0.15, 0.2) is 17.5 Å². The Morgan fingerprint density at radius 2 is 2.40 bits per heavy atom. The molecule has 1 heterocycles. The number of rotatable bonds is 5. The molecule has 2 nitrogen and oxygen atoms in total. The summed E-state index contributed by atoms with van der Waals surface area (Å²) in [5, 5.41) is 12.0. The third-order valence-electron chi connectivity index (χ3n) is 3.32. The van der Waals surface area contributed by atoms with Gasteiger partial charge in [-0.05, 0) is 30.7 Å². The molecule has 0 radical (unpaired) electrons. The molecular weight excluding hydrogens is 208 g/mol. The molecule has 1 N–H and O–H groups in total. The number of hydrogen-bond donors (Lipinski definition) is 1. The standard InChI is InChI=1S/C12H18O2S/c1-14-12(5-3-6-12)9-10(13)8-11-4-2-7-15-11/h2,4,7,10,13H,3,5-6,8-9H2,1H3. The van der Waals surface area contributed by atoms with Crippen LogP contribution < -0.4 is 0 Å². The Morgan fingerprint density at radius 3 is 2.87 bits per heavy atom. The largest absolute Gasteiger partial charge is 0.393 e. The molecule has 3 heteroatoms. The van der Waals surface area contributed by atoms with E-state index in [0.717, 1.165) is 25.7 Å². The van der Waals surface area contributed by atoms with E-state index in [2.05, 4.69) is 11.4 Å². The Kier molecular flexibility index (Phi) is 3.44. The SMILES string of the molecule is COC1(CC(O)Cc2cccs2)CCC1. The first kappa shape index (κ1) is 11.1. The average Bonchev–Trinajstić information content (AvgIpc) is 2.64. The van der Waals surface area contributed by atoms with Crippen LogP contribution in [-0.4, -0.2) is 23.9 Å². The summed E-state index contributed by atoms with van der Waals surface area (Å²) in [6, 6.07) is 4.11. The lowest BCUT2D eigenvalue weighted by Gasteiger charge is -2.41. The van der Waals surface area contributed by atoms with Crippen LogP contribution in [0.1, 0.15) is 30.6 Å². The van der Waals surface area contributed by atoms with Gasteiger partial charge in [0.2, 0.25) is 0 Å². The van der Waals surface area contributed by atoms with E-state index in [1.807, 2.05) is 6.07 Å². The first-order valence-electron chi connectivity index (χ1n) is 5.50. The molecule has 0 saturated heterocycles. The fraction of sp³-hybridized carbons (Fsp3) is 0.667. The minimum absolute atomic E-state index is 0.0172. The highest BCUT2D eigenvalue weighted by Crippen LogP contribution is 2.39. The van der Waals surface area contributed by atoms with E-state index >= 15 is 0 Å². The highest BCUT2D eigenvalue weighted by molar-refractivity contribution is 7.09. The van der Waals surface area contributed by atoms with Crippen LogP contribution in [0, 0.1) is 0 Å². The summed E-state index contributed by atoms with van der Waals surface area (Å²) in [5.74, 6) is 0. The number of methoxy groups -OCH3 is 1. The highest BCUT2D eigenvalue weighted by Gasteiger charge is 2.38. The Morgan fingerprint density at radius 1 is 1.60 bits per heavy atom. The summed E-state index contributed by atoms with van der Waals surface area (Å²) < 4.78 is 5.51. The van der Waals surface area contributed by atoms with Gasteiger partial charge >= 0.3 is 0 Å². The van der Waals surface area contributed by atoms with Crippen molar-refractivity contribution in [1.82, 2.24) is 0 Å². The molecule has 15 heavy (non-hydrogen) atoms. The van der Waals surface area contributed by atoms with Crippen LogP contribution in [0.2, 0.25) is 0 Å². The second-order valence-electron chi connectivity index (χ2n) is 4.38. The lowest BCUT2D eigenvalue weighted by molar-refractivity contribution is -0.0988. The lowest BCUT2D eigenvalue weighted by Crippen LogP contribution is -2.42. The third-order valence-corrected chi connectivity index (χ3v) is 4.22. The minimum atomic E-state index is -0.260. The number of aliphatic hydroxyl groups is 1. The lowest BCUT2D eigenvalue weighted by atomic mass is 9.76. The van der Waals surface area contributed by atoms with Crippen molar-refractivity contribution in [1.29, 1.82) is 0 Å². The van der Waals surface area contributed by atoms with Gasteiger partial charge in [0, 0.05) is 24.8 Å². The summed E-state index contributed by atoms with van der Waals surface area (Å²) in [6.07, 6.45) is 4.73. The molecule has 1 aromatic heterocycles. The van der Waals surface area contributed by atoms with Crippen LogP contribution in [0.4, 0.5) is 0 Å². The fourth-order valence-corrected chi connectivity index (χ4v) is 3.00. The van der Waals surface area contributed by atoms with Gasteiger partial charge in [-0.3, -0.25) is 0 Å². The smallest absolute Gasteiger partial charge is 0.0703 e. The van der Waals surface area contributed by atoms with Gasteiger partial charge in [0.05, 0.1) is 11.7 Å². The molecule has 0 aromatic carbocycles. The monoisotopic (exact) mass is 226 g/mol. The molecule has 0 spiro atoms. The minimum Gasteiger partial charge on any atom is -0.393 e. The van der Waals surface area contributed by atoms with Crippen molar-refractivity contribution in [2.45, 2.75) is 43.8 Å². The van der Waals surface area contributed by atoms with Gasteiger partial charge in [0.25, 0.3) is 0 Å². The zero-order valence-corrected chi connectivity index (χ0v) is 9.93. The molecule has 0 aliphatic heterocycles. The molecule has 1 aromatic rings. The summed E-state index contributed by atoms with van der Waals surface area (Å²) in [4.78, 5) is 1.26. The summed E-state index contributed by atoms with van der Waals surface area (Å²) >= 11 is 1.71. The molecule has 1 aliphatic rings. The van der Waals surface area contributed by atoms with Crippen molar-refractivity contribution in [2.24, 2.45) is 0 Å². The topological polar surface area (TPSA) is 29.5 Å². The van der Waals surface area contributed by atoms with Crippen LogP contribution >= 0.6 is 11.3 Å². The molecular formula is C12H18O2S. The van der Waals surface area contributed by atoms with Gasteiger partial charge in [0.15, 0.2) is 0 Å².